The van der Waals surface area contributed by atoms with Crippen LogP contribution in [0.25, 0.3) is 0 Å². The summed E-state index contributed by atoms with van der Waals surface area (Å²) in [6.07, 6.45) is 3.26. The van der Waals surface area contributed by atoms with Gasteiger partial charge in [0.15, 0.2) is 6.61 Å². The lowest BCUT2D eigenvalue weighted by molar-refractivity contribution is -0.150. The zero-order valence-electron chi connectivity index (χ0n) is 16.5. The van der Waals surface area contributed by atoms with Crippen LogP contribution in [0, 0.1) is 5.92 Å². The molecule has 29 heavy (non-hydrogen) atoms. The van der Waals surface area contributed by atoms with Gasteiger partial charge in [0.05, 0.1) is 7.11 Å². The van der Waals surface area contributed by atoms with Gasteiger partial charge in [0.1, 0.15) is 17.8 Å². The minimum Gasteiger partial charge on any atom is -0.497 e. The summed E-state index contributed by atoms with van der Waals surface area (Å²) < 4.78 is 10.0. The van der Waals surface area contributed by atoms with E-state index < -0.39 is 42.5 Å². The number of nitrogens with zero attached hydrogens (tertiary/aromatic N) is 1. The highest BCUT2D eigenvalue weighted by molar-refractivity contribution is 6.09. The maximum Gasteiger partial charge on any atom is 0.326 e. The highest BCUT2D eigenvalue weighted by Gasteiger charge is 2.55. The maximum absolute atomic E-state index is 12.8. The van der Waals surface area contributed by atoms with Crippen molar-refractivity contribution in [3.8, 4) is 5.75 Å². The molecule has 0 bridgehead atoms. The maximum atomic E-state index is 12.8. The average molecular weight is 403 g/mol. The molecule has 1 aromatic carbocycles. The van der Waals surface area contributed by atoms with E-state index in [4.69, 9.17) is 9.47 Å². The topological polar surface area (TPSA) is 114 Å². The van der Waals surface area contributed by atoms with E-state index in [0.717, 1.165) is 24.2 Å². The third-order valence-electron chi connectivity index (χ3n) is 5.51. The quantitative estimate of drug-likeness (QED) is 0.552. The largest absolute Gasteiger partial charge is 0.497 e. The molecule has 1 aromatic rings. The number of anilines is 1. The Morgan fingerprint density at radius 2 is 2.10 bits per heavy atom. The van der Waals surface area contributed by atoms with Gasteiger partial charge in [-0.15, -0.1) is 0 Å². The minimum absolute atomic E-state index is 0.00219. The van der Waals surface area contributed by atoms with Gasteiger partial charge in [-0.05, 0) is 30.9 Å². The highest BCUT2D eigenvalue weighted by Crippen LogP contribution is 2.38. The average Bonchev–Trinajstić information content (AvgIpc) is 2.94. The van der Waals surface area contributed by atoms with Crippen LogP contribution < -0.4 is 15.4 Å². The van der Waals surface area contributed by atoms with Gasteiger partial charge in [-0.1, -0.05) is 25.8 Å². The molecule has 156 valence electrons. The molecule has 2 aliphatic rings. The van der Waals surface area contributed by atoms with E-state index in [1.54, 1.807) is 24.3 Å². The fraction of sp³-hybridized carbons (Fsp3) is 0.500. The molecule has 1 spiro atoms. The second-order valence-electron chi connectivity index (χ2n) is 7.38. The van der Waals surface area contributed by atoms with Crippen molar-refractivity contribution in [3.63, 3.8) is 0 Å². The number of hydrogen-bond donors (Lipinski definition) is 2. The number of carbonyl (C=O) groups excluding carboxylic acids is 4. The van der Waals surface area contributed by atoms with Crippen LogP contribution in [0.5, 0.6) is 5.75 Å². The van der Waals surface area contributed by atoms with Crippen molar-refractivity contribution in [1.29, 1.82) is 0 Å². The van der Waals surface area contributed by atoms with Gasteiger partial charge in [0.2, 0.25) is 0 Å². The molecule has 9 heteroatoms. The Bertz CT molecular complexity index is 826. The summed E-state index contributed by atoms with van der Waals surface area (Å²) >= 11 is 0. The highest BCUT2D eigenvalue weighted by atomic mass is 16.5. The molecule has 1 heterocycles. The molecule has 2 fully saturated rings. The summed E-state index contributed by atoms with van der Waals surface area (Å²) in [6, 6.07) is 6.13. The van der Waals surface area contributed by atoms with Crippen molar-refractivity contribution < 1.29 is 28.7 Å². The van der Waals surface area contributed by atoms with Crippen molar-refractivity contribution >= 4 is 29.5 Å². The number of benzene rings is 1. The third kappa shape index (κ3) is 4.33. The molecule has 2 N–H and O–H groups in total. The number of carbonyl (C=O) groups is 4. The van der Waals surface area contributed by atoms with Crippen LogP contribution >= 0.6 is 0 Å². The summed E-state index contributed by atoms with van der Waals surface area (Å²) in [6.45, 7) is 0.884. The molecule has 3 rings (SSSR count). The number of ether oxygens (including phenoxy) is 2. The Kier molecular flexibility index (Phi) is 6.05. The third-order valence-corrected chi connectivity index (χ3v) is 5.51. The Morgan fingerprint density at radius 3 is 2.83 bits per heavy atom. The predicted octanol–water partition coefficient (Wildman–Crippen LogP) is 1.68. The van der Waals surface area contributed by atoms with Crippen LogP contribution in [0.15, 0.2) is 24.3 Å². The summed E-state index contributed by atoms with van der Waals surface area (Å²) in [5.74, 6) is -1.19. The van der Waals surface area contributed by atoms with Gasteiger partial charge >= 0.3 is 12.0 Å². The molecular formula is C20H25N3O6. The van der Waals surface area contributed by atoms with Gasteiger partial charge in [-0.25, -0.2) is 4.79 Å². The molecule has 2 atom stereocenters. The zero-order valence-corrected chi connectivity index (χ0v) is 16.5. The van der Waals surface area contributed by atoms with Gasteiger partial charge < -0.3 is 20.1 Å². The first-order chi connectivity index (χ1) is 13.9. The summed E-state index contributed by atoms with van der Waals surface area (Å²) in [5.41, 5.74) is -0.438. The lowest BCUT2D eigenvalue weighted by Gasteiger charge is -2.36. The number of nitrogens with one attached hydrogen (secondary N) is 2. The zero-order chi connectivity index (χ0) is 21.0. The Hall–Kier alpha value is -3.10. The van der Waals surface area contributed by atoms with E-state index >= 15 is 0 Å². The summed E-state index contributed by atoms with van der Waals surface area (Å²) in [7, 11) is 1.51. The van der Waals surface area contributed by atoms with Crippen molar-refractivity contribution in [3.05, 3.63) is 24.3 Å². The number of esters is 1. The van der Waals surface area contributed by atoms with Gasteiger partial charge in [-0.2, -0.15) is 0 Å². The number of imide groups is 1. The molecule has 1 saturated heterocycles. The standard InChI is InChI=1S/C20H25N3O6/c1-13-6-3-4-9-20(13)18(26)23(19(27)22-20)11-17(25)29-12-16(24)21-14-7-5-8-15(10-14)28-2/h5,7-8,10,13H,3-4,6,9,11-12H2,1-2H3,(H,21,24)(H,22,27)/t13-,20-/m0/s1. The lowest BCUT2D eigenvalue weighted by atomic mass is 9.73. The second kappa shape index (κ2) is 8.50. The first-order valence-corrected chi connectivity index (χ1v) is 9.59. The van der Waals surface area contributed by atoms with Crippen molar-refractivity contribution in [2.24, 2.45) is 5.92 Å². The molecule has 0 radical (unpaired) electrons. The number of urea groups is 1. The molecule has 4 amide bonds. The number of amides is 4. The Morgan fingerprint density at radius 1 is 1.31 bits per heavy atom. The van der Waals surface area contributed by atoms with E-state index in [0.29, 0.717) is 17.9 Å². The van der Waals surface area contributed by atoms with Crippen LogP contribution in [-0.2, 0) is 19.1 Å². The van der Waals surface area contributed by atoms with Gasteiger partial charge in [0.25, 0.3) is 11.8 Å². The Labute approximate surface area is 168 Å². The first-order valence-electron chi connectivity index (χ1n) is 9.59. The van der Waals surface area contributed by atoms with E-state index in [1.807, 2.05) is 6.92 Å². The van der Waals surface area contributed by atoms with Gasteiger partial charge in [-0.3, -0.25) is 19.3 Å². The number of hydrogen-bond acceptors (Lipinski definition) is 6. The van der Waals surface area contributed by atoms with E-state index in [1.165, 1.54) is 7.11 Å². The second-order valence-corrected chi connectivity index (χ2v) is 7.38. The molecule has 0 aromatic heterocycles. The van der Waals surface area contributed by atoms with Crippen LogP contribution in [0.3, 0.4) is 0 Å². The van der Waals surface area contributed by atoms with Crippen molar-refractivity contribution in [2.45, 2.75) is 38.1 Å². The van der Waals surface area contributed by atoms with E-state index in [9.17, 15) is 19.2 Å². The van der Waals surface area contributed by atoms with Crippen molar-refractivity contribution in [1.82, 2.24) is 10.2 Å². The monoisotopic (exact) mass is 403 g/mol. The fourth-order valence-corrected chi connectivity index (χ4v) is 3.86. The first kappa shape index (κ1) is 20.6. The SMILES string of the molecule is COc1cccc(NC(=O)COC(=O)CN2C(=O)N[C@]3(CCCC[C@@H]3C)C2=O)c1. The van der Waals surface area contributed by atoms with Crippen LogP contribution in [0.2, 0.25) is 0 Å². The van der Waals surface area contributed by atoms with Crippen molar-refractivity contribution in [2.75, 3.05) is 25.6 Å². The van der Waals surface area contributed by atoms with E-state index in [-0.39, 0.29) is 5.92 Å². The number of rotatable bonds is 6. The van der Waals surface area contributed by atoms with Crippen LogP contribution in [-0.4, -0.2) is 54.5 Å². The van der Waals surface area contributed by atoms with Gasteiger partial charge in [0, 0.05) is 11.8 Å². The summed E-state index contributed by atoms with van der Waals surface area (Å²) in [4.78, 5) is 50.1. The minimum atomic E-state index is -0.931. The fourth-order valence-electron chi connectivity index (χ4n) is 3.86. The smallest absolute Gasteiger partial charge is 0.326 e. The van der Waals surface area contributed by atoms with Crippen LogP contribution in [0.1, 0.15) is 32.6 Å². The number of methoxy groups -OCH3 is 1. The Balaban J connectivity index is 1.52. The lowest BCUT2D eigenvalue weighted by Crippen LogP contribution is -2.54. The molecular weight excluding hydrogens is 378 g/mol. The van der Waals surface area contributed by atoms with Crippen LogP contribution in [0.4, 0.5) is 10.5 Å². The molecule has 9 nitrogen and oxygen atoms in total. The molecule has 0 unspecified atom stereocenters. The molecule has 1 saturated carbocycles. The van der Waals surface area contributed by atoms with E-state index in [2.05, 4.69) is 10.6 Å². The molecule has 1 aliphatic heterocycles. The summed E-state index contributed by atoms with van der Waals surface area (Å²) in [5, 5.41) is 5.35. The molecule has 1 aliphatic carbocycles. The predicted molar refractivity (Wildman–Crippen MR) is 103 cm³/mol. The normalized spacial score (nSPS) is 23.7.